The molecule has 1 aromatic heterocycles. The van der Waals surface area contributed by atoms with Crippen molar-refractivity contribution >= 4 is 23.2 Å². The number of likely N-dealkylation sites (tertiary alicyclic amines) is 1. The zero-order valence-corrected chi connectivity index (χ0v) is 23.4. The van der Waals surface area contributed by atoms with Crippen LogP contribution in [0.5, 0.6) is 17.2 Å². The van der Waals surface area contributed by atoms with Gasteiger partial charge in [-0.15, -0.1) is 11.3 Å². The van der Waals surface area contributed by atoms with Crippen LogP contribution in [0.4, 0.5) is 0 Å². The van der Waals surface area contributed by atoms with Crippen LogP contribution >= 0.6 is 11.3 Å². The maximum absolute atomic E-state index is 13.9. The zero-order chi connectivity index (χ0) is 27.2. The smallest absolute Gasteiger partial charge is 0.254 e. The summed E-state index contributed by atoms with van der Waals surface area (Å²) in [4.78, 5) is 34.6. The molecule has 206 valence electrons. The molecule has 5 rings (SSSR count). The molecule has 39 heavy (non-hydrogen) atoms. The highest BCUT2D eigenvalue weighted by molar-refractivity contribution is 7.10. The summed E-state index contributed by atoms with van der Waals surface area (Å²) in [5.74, 6) is 1.84. The fourth-order valence-electron chi connectivity index (χ4n) is 4.93. The molecule has 1 fully saturated rings. The van der Waals surface area contributed by atoms with Crippen LogP contribution in [0, 0.1) is 6.92 Å². The quantitative estimate of drug-likeness (QED) is 0.349. The topological polar surface area (TPSA) is 71.6 Å². The van der Waals surface area contributed by atoms with E-state index in [0.29, 0.717) is 42.4 Å². The van der Waals surface area contributed by atoms with Gasteiger partial charge < -0.3 is 28.9 Å². The molecule has 3 aromatic rings. The molecule has 1 saturated heterocycles. The van der Waals surface area contributed by atoms with Crippen LogP contribution < -0.4 is 14.2 Å². The number of fused-ring (bicyclic) bond motifs is 1. The summed E-state index contributed by atoms with van der Waals surface area (Å²) in [6.07, 6.45) is 2.35. The molecule has 0 aliphatic carbocycles. The average molecular weight is 550 g/mol. The van der Waals surface area contributed by atoms with Gasteiger partial charge in [0.1, 0.15) is 12.3 Å². The molecule has 2 aromatic carbocycles. The van der Waals surface area contributed by atoms with E-state index in [1.54, 1.807) is 47.6 Å². The van der Waals surface area contributed by atoms with Gasteiger partial charge >= 0.3 is 0 Å². The van der Waals surface area contributed by atoms with Gasteiger partial charge in [0.15, 0.2) is 11.5 Å². The van der Waals surface area contributed by atoms with Gasteiger partial charge in [-0.1, -0.05) is 6.07 Å². The largest absolute Gasteiger partial charge is 0.497 e. The van der Waals surface area contributed by atoms with Crippen molar-refractivity contribution in [2.45, 2.75) is 32.9 Å². The van der Waals surface area contributed by atoms with Gasteiger partial charge in [-0.05, 0) is 91.8 Å². The van der Waals surface area contributed by atoms with Crippen molar-refractivity contribution in [3.8, 4) is 17.2 Å². The summed E-state index contributed by atoms with van der Waals surface area (Å²) in [7, 11) is 1.60. The van der Waals surface area contributed by atoms with Gasteiger partial charge in [0.05, 0.1) is 13.7 Å². The molecule has 0 bridgehead atoms. The van der Waals surface area contributed by atoms with Crippen LogP contribution in [-0.4, -0.2) is 73.1 Å². The van der Waals surface area contributed by atoms with E-state index in [2.05, 4.69) is 17.9 Å². The lowest BCUT2D eigenvalue weighted by Gasteiger charge is -2.29. The SMILES string of the molecule is COc1ccc(C(=O)N(CCN2CCCC2)CC(=O)N(Cc2ccc3c(c2)OCO3)Cc2sccc2C)cc1. The van der Waals surface area contributed by atoms with E-state index in [-0.39, 0.29) is 25.2 Å². The minimum Gasteiger partial charge on any atom is -0.497 e. The first-order valence-electron chi connectivity index (χ1n) is 13.3. The average Bonchev–Trinajstić information content (AvgIpc) is 3.73. The Kier molecular flexibility index (Phi) is 8.68. The Morgan fingerprint density at radius 3 is 2.46 bits per heavy atom. The molecule has 0 N–H and O–H groups in total. The number of rotatable bonds is 11. The highest BCUT2D eigenvalue weighted by Crippen LogP contribution is 2.33. The van der Waals surface area contributed by atoms with Crippen molar-refractivity contribution in [2.24, 2.45) is 0 Å². The molecule has 0 radical (unpaired) electrons. The van der Waals surface area contributed by atoms with E-state index >= 15 is 0 Å². The number of nitrogens with zero attached hydrogens (tertiary/aromatic N) is 3. The Morgan fingerprint density at radius 1 is 0.974 bits per heavy atom. The molecule has 0 atom stereocenters. The van der Waals surface area contributed by atoms with Gasteiger partial charge in [0.2, 0.25) is 12.7 Å². The first kappa shape index (κ1) is 27.0. The predicted molar refractivity (Wildman–Crippen MR) is 150 cm³/mol. The lowest BCUT2D eigenvalue weighted by atomic mass is 10.1. The standard InChI is InChI=1S/C30H35N3O5S/c1-22-11-16-39-28(22)19-33(18-23-5-10-26-27(17-23)38-21-37-26)29(34)20-32(15-14-31-12-3-4-13-31)30(35)24-6-8-25(36-2)9-7-24/h5-11,16-17H,3-4,12-15,18-21H2,1-2H3. The molecule has 9 heteroatoms. The normalized spacial score (nSPS) is 14.4. The Morgan fingerprint density at radius 2 is 1.74 bits per heavy atom. The van der Waals surface area contributed by atoms with Gasteiger partial charge in [-0.2, -0.15) is 0 Å². The summed E-state index contributed by atoms with van der Waals surface area (Å²) < 4.78 is 16.3. The van der Waals surface area contributed by atoms with Crippen LogP contribution in [-0.2, 0) is 17.9 Å². The second kappa shape index (κ2) is 12.5. The number of ether oxygens (including phenoxy) is 3. The summed E-state index contributed by atoms with van der Waals surface area (Å²) in [6.45, 7) is 6.47. The second-order valence-corrected chi connectivity index (χ2v) is 11.0. The monoisotopic (exact) mass is 549 g/mol. The zero-order valence-electron chi connectivity index (χ0n) is 22.6. The molecule has 0 saturated carbocycles. The Hall–Kier alpha value is -3.56. The Labute approximate surface area is 233 Å². The Balaban J connectivity index is 1.36. The van der Waals surface area contributed by atoms with Crippen molar-refractivity contribution in [1.82, 2.24) is 14.7 Å². The molecule has 0 unspecified atom stereocenters. The maximum Gasteiger partial charge on any atom is 0.254 e. The van der Waals surface area contributed by atoms with Crippen molar-refractivity contribution in [3.63, 3.8) is 0 Å². The minimum absolute atomic E-state index is 0.00762. The predicted octanol–water partition coefficient (Wildman–Crippen LogP) is 4.56. The maximum atomic E-state index is 13.9. The van der Waals surface area contributed by atoms with Gasteiger partial charge in [0.25, 0.3) is 5.91 Å². The number of thiophene rings is 1. The van der Waals surface area contributed by atoms with E-state index in [4.69, 9.17) is 14.2 Å². The number of amides is 2. The van der Waals surface area contributed by atoms with E-state index in [0.717, 1.165) is 35.6 Å². The van der Waals surface area contributed by atoms with E-state index in [1.807, 2.05) is 28.5 Å². The summed E-state index contributed by atoms with van der Waals surface area (Å²) in [6, 6.07) is 14.9. The van der Waals surface area contributed by atoms with Crippen molar-refractivity contribution < 1.29 is 23.8 Å². The Bertz CT molecular complexity index is 1290. The molecule has 3 heterocycles. The summed E-state index contributed by atoms with van der Waals surface area (Å²) in [5.41, 5.74) is 2.65. The first-order chi connectivity index (χ1) is 19.0. The molecule has 2 amide bonds. The van der Waals surface area contributed by atoms with Crippen LogP contribution in [0.15, 0.2) is 53.9 Å². The number of hydrogen-bond donors (Lipinski definition) is 0. The lowest BCUT2D eigenvalue weighted by molar-refractivity contribution is -0.133. The molecule has 8 nitrogen and oxygen atoms in total. The number of methoxy groups -OCH3 is 1. The van der Waals surface area contributed by atoms with E-state index in [1.165, 1.54) is 12.8 Å². The number of carbonyl (C=O) groups excluding carboxylic acids is 2. The molecule has 0 spiro atoms. The van der Waals surface area contributed by atoms with Crippen molar-refractivity contribution in [2.75, 3.05) is 46.6 Å². The molecular formula is C30H35N3O5S. The van der Waals surface area contributed by atoms with Crippen molar-refractivity contribution in [3.05, 3.63) is 75.5 Å². The highest BCUT2D eigenvalue weighted by Gasteiger charge is 2.25. The third-order valence-electron chi connectivity index (χ3n) is 7.30. The molecular weight excluding hydrogens is 514 g/mol. The minimum atomic E-state index is -0.152. The van der Waals surface area contributed by atoms with E-state index < -0.39 is 0 Å². The van der Waals surface area contributed by atoms with Crippen LogP contribution in [0.25, 0.3) is 0 Å². The second-order valence-electron chi connectivity index (χ2n) is 9.97. The number of benzene rings is 2. The fourth-order valence-corrected chi connectivity index (χ4v) is 5.85. The number of aryl methyl sites for hydroxylation is 1. The van der Waals surface area contributed by atoms with Crippen LogP contribution in [0.2, 0.25) is 0 Å². The van der Waals surface area contributed by atoms with Gasteiger partial charge in [-0.25, -0.2) is 0 Å². The third kappa shape index (κ3) is 6.72. The third-order valence-corrected chi connectivity index (χ3v) is 8.31. The lowest BCUT2D eigenvalue weighted by Crippen LogP contribution is -2.45. The van der Waals surface area contributed by atoms with Crippen LogP contribution in [0.1, 0.15) is 39.2 Å². The van der Waals surface area contributed by atoms with Gasteiger partial charge in [0, 0.05) is 30.1 Å². The molecule has 2 aliphatic heterocycles. The fraction of sp³-hybridized carbons (Fsp3) is 0.400. The number of hydrogen-bond acceptors (Lipinski definition) is 7. The summed E-state index contributed by atoms with van der Waals surface area (Å²) >= 11 is 1.64. The van der Waals surface area contributed by atoms with Crippen LogP contribution in [0.3, 0.4) is 0 Å². The summed E-state index contributed by atoms with van der Waals surface area (Å²) in [5, 5.41) is 2.05. The molecule has 2 aliphatic rings. The van der Waals surface area contributed by atoms with E-state index in [9.17, 15) is 9.59 Å². The van der Waals surface area contributed by atoms with Gasteiger partial charge in [-0.3, -0.25) is 9.59 Å². The highest BCUT2D eigenvalue weighted by atomic mass is 32.1. The van der Waals surface area contributed by atoms with Crippen molar-refractivity contribution in [1.29, 1.82) is 0 Å². The first-order valence-corrected chi connectivity index (χ1v) is 14.2. The number of carbonyl (C=O) groups is 2.